The molecular weight excluding hydrogens is 272 g/mol. The van der Waals surface area contributed by atoms with Crippen LogP contribution in [0.25, 0.3) is 0 Å². The zero-order chi connectivity index (χ0) is 15.6. The van der Waals surface area contributed by atoms with E-state index < -0.39 is 11.6 Å². The van der Waals surface area contributed by atoms with Gasteiger partial charge in [-0.25, -0.2) is 8.78 Å². The number of halogens is 2. The molecular formula is C16H25F2N3. The minimum atomic E-state index is -0.545. The van der Waals surface area contributed by atoms with E-state index in [2.05, 4.69) is 30.6 Å². The van der Waals surface area contributed by atoms with Crippen LogP contribution in [-0.2, 0) is 0 Å². The molecule has 1 heterocycles. The molecule has 1 aliphatic rings. The molecule has 1 saturated heterocycles. The number of hydrogen-bond donors (Lipinski definition) is 1. The lowest BCUT2D eigenvalue weighted by Gasteiger charge is -2.44. The van der Waals surface area contributed by atoms with E-state index in [0.29, 0.717) is 12.1 Å². The molecule has 0 aromatic heterocycles. The van der Waals surface area contributed by atoms with Gasteiger partial charge in [0.05, 0.1) is 0 Å². The van der Waals surface area contributed by atoms with Crippen LogP contribution in [-0.4, -0.2) is 48.1 Å². The normalized spacial score (nSPS) is 19.7. The highest BCUT2D eigenvalue weighted by atomic mass is 19.1. The number of piperazine rings is 1. The topological polar surface area (TPSA) is 32.5 Å². The van der Waals surface area contributed by atoms with Crippen molar-refractivity contribution >= 4 is 0 Å². The zero-order valence-electron chi connectivity index (χ0n) is 13.1. The summed E-state index contributed by atoms with van der Waals surface area (Å²) in [6, 6.07) is 3.54. The second kappa shape index (κ2) is 6.38. The molecule has 2 rings (SSSR count). The summed E-state index contributed by atoms with van der Waals surface area (Å²) in [5, 5.41) is 0. The molecule has 1 atom stereocenters. The first-order chi connectivity index (χ1) is 9.81. The minimum absolute atomic E-state index is 0.127. The Bertz CT molecular complexity index is 457. The van der Waals surface area contributed by atoms with Crippen LogP contribution in [0.3, 0.4) is 0 Å². The molecule has 3 nitrogen and oxygen atoms in total. The van der Waals surface area contributed by atoms with Crippen LogP contribution in [0, 0.1) is 11.6 Å². The summed E-state index contributed by atoms with van der Waals surface area (Å²) >= 11 is 0. The van der Waals surface area contributed by atoms with Crippen molar-refractivity contribution in [2.24, 2.45) is 5.73 Å². The second-order valence-corrected chi connectivity index (χ2v) is 6.65. The average molecular weight is 297 g/mol. The van der Waals surface area contributed by atoms with E-state index in [1.54, 1.807) is 0 Å². The Hall–Kier alpha value is -1.04. The molecule has 1 aliphatic heterocycles. The van der Waals surface area contributed by atoms with Gasteiger partial charge in [0.2, 0.25) is 0 Å². The van der Waals surface area contributed by atoms with Crippen molar-refractivity contribution < 1.29 is 8.78 Å². The summed E-state index contributed by atoms with van der Waals surface area (Å²) in [6.45, 7) is 10.6. The van der Waals surface area contributed by atoms with Crippen LogP contribution in [0.2, 0.25) is 0 Å². The lowest BCUT2D eigenvalue weighted by atomic mass is 10.0. The molecule has 21 heavy (non-hydrogen) atoms. The highest BCUT2D eigenvalue weighted by molar-refractivity contribution is 5.22. The van der Waals surface area contributed by atoms with Gasteiger partial charge in [-0.2, -0.15) is 0 Å². The van der Waals surface area contributed by atoms with Gasteiger partial charge in [-0.1, -0.05) is 0 Å². The second-order valence-electron chi connectivity index (χ2n) is 6.65. The van der Waals surface area contributed by atoms with E-state index in [4.69, 9.17) is 5.73 Å². The zero-order valence-corrected chi connectivity index (χ0v) is 13.1. The molecule has 1 aromatic rings. The van der Waals surface area contributed by atoms with E-state index in [-0.39, 0.29) is 11.6 Å². The highest BCUT2D eigenvalue weighted by Crippen LogP contribution is 2.25. The monoisotopic (exact) mass is 297 g/mol. The van der Waals surface area contributed by atoms with E-state index in [9.17, 15) is 8.78 Å². The Morgan fingerprint density at radius 1 is 1.05 bits per heavy atom. The van der Waals surface area contributed by atoms with Crippen molar-refractivity contribution in [1.82, 2.24) is 9.80 Å². The predicted molar refractivity (Wildman–Crippen MR) is 81.1 cm³/mol. The quantitative estimate of drug-likeness (QED) is 0.930. The molecule has 0 saturated carbocycles. The van der Waals surface area contributed by atoms with Crippen molar-refractivity contribution in [1.29, 1.82) is 0 Å². The smallest absolute Gasteiger partial charge is 0.126 e. The van der Waals surface area contributed by atoms with Crippen LogP contribution in [0.15, 0.2) is 18.2 Å². The summed E-state index contributed by atoms with van der Waals surface area (Å²) in [4.78, 5) is 4.64. The number of hydrogen-bond acceptors (Lipinski definition) is 3. The Morgan fingerprint density at radius 3 is 2.00 bits per heavy atom. The van der Waals surface area contributed by atoms with Crippen molar-refractivity contribution in [3.05, 3.63) is 35.4 Å². The lowest BCUT2D eigenvalue weighted by molar-refractivity contribution is 0.0432. The van der Waals surface area contributed by atoms with Crippen LogP contribution in [0.4, 0.5) is 8.78 Å². The van der Waals surface area contributed by atoms with Gasteiger partial charge in [0.15, 0.2) is 0 Å². The van der Waals surface area contributed by atoms with E-state index >= 15 is 0 Å². The summed E-state index contributed by atoms with van der Waals surface area (Å²) in [6.07, 6.45) is 0. The third-order valence-corrected chi connectivity index (χ3v) is 4.20. The lowest BCUT2D eigenvalue weighted by Crippen LogP contribution is -2.54. The predicted octanol–water partition coefficient (Wildman–Crippen LogP) is 2.38. The van der Waals surface area contributed by atoms with Crippen molar-refractivity contribution in [3.63, 3.8) is 0 Å². The first kappa shape index (κ1) is 16.3. The Morgan fingerprint density at radius 2 is 1.57 bits per heavy atom. The maximum Gasteiger partial charge on any atom is 0.126 e. The van der Waals surface area contributed by atoms with E-state index in [1.165, 1.54) is 12.1 Å². The Balaban J connectivity index is 2.09. The molecule has 0 aliphatic carbocycles. The Kier molecular flexibility index (Phi) is 4.96. The molecule has 5 heteroatoms. The van der Waals surface area contributed by atoms with Crippen LogP contribution in [0.1, 0.15) is 32.4 Å². The molecule has 0 radical (unpaired) electrons. The standard InChI is InChI=1S/C16H25F2N3/c1-16(2,3)21-6-4-20(5-7-21)15(11-19)12-8-13(17)10-14(18)9-12/h8-10,15H,4-7,11,19H2,1-3H3. The van der Waals surface area contributed by atoms with Crippen molar-refractivity contribution in [2.45, 2.75) is 32.4 Å². The van der Waals surface area contributed by atoms with Gasteiger partial charge in [0, 0.05) is 50.4 Å². The van der Waals surface area contributed by atoms with Crippen LogP contribution < -0.4 is 5.73 Å². The van der Waals surface area contributed by atoms with Gasteiger partial charge in [-0.05, 0) is 38.5 Å². The fraction of sp³-hybridized carbons (Fsp3) is 0.625. The van der Waals surface area contributed by atoms with Gasteiger partial charge in [-0.15, -0.1) is 0 Å². The highest BCUT2D eigenvalue weighted by Gasteiger charge is 2.29. The van der Waals surface area contributed by atoms with Crippen molar-refractivity contribution in [3.8, 4) is 0 Å². The van der Waals surface area contributed by atoms with Gasteiger partial charge < -0.3 is 5.73 Å². The summed E-state index contributed by atoms with van der Waals surface area (Å²) in [5.74, 6) is -1.09. The summed E-state index contributed by atoms with van der Waals surface area (Å²) < 4.78 is 26.8. The van der Waals surface area contributed by atoms with Gasteiger partial charge in [0.25, 0.3) is 0 Å². The van der Waals surface area contributed by atoms with Gasteiger partial charge in [-0.3, -0.25) is 9.80 Å². The SMILES string of the molecule is CC(C)(C)N1CCN(C(CN)c2cc(F)cc(F)c2)CC1. The maximum atomic E-state index is 13.4. The molecule has 2 N–H and O–H groups in total. The summed E-state index contributed by atoms with van der Waals surface area (Å²) in [5.41, 5.74) is 6.63. The maximum absolute atomic E-state index is 13.4. The average Bonchev–Trinajstić information content (AvgIpc) is 2.38. The van der Waals surface area contributed by atoms with E-state index in [0.717, 1.165) is 32.2 Å². The molecule has 0 spiro atoms. The molecule has 0 amide bonds. The van der Waals surface area contributed by atoms with E-state index in [1.807, 2.05) is 0 Å². The number of rotatable bonds is 3. The number of nitrogens with zero attached hydrogens (tertiary/aromatic N) is 2. The van der Waals surface area contributed by atoms with Crippen LogP contribution in [0.5, 0.6) is 0 Å². The largest absolute Gasteiger partial charge is 0.329 e. The molecule has 1 unspecified atom stereocenters. The fourth-order valence-corrected chi connectivity index (χ4v) is 2.97. The number of nitrogens with two attached hydrogens (primary N) is 1. The third-order valence-electron chi connectivity index (χ3n) is 4.20. The van der Waals surface area contributed by atoms with Crippen LogP contribution >= 0.6 is 0 Å². The molecule has 1 fully saturated rings. The fourth-order valence-electron chi connectivity index (χ4n) is 2.97. The molecule has 1 aromatic carbocycles. The minimum Gasteiger partial charge on any atom is -0.329 e. The Labute approximate surface area is 125 Å². The van der Waals surface area contributed by atoms with Gasteiger partial charge >= 0.3 is 0 Å². The van der Waals surface area contributed by atoms with Crippen molar-refractivity contribution in [2.75, 3.05) is 32.7 Å². The summed E-state index contributed by atoms with van der Waals surface area (Å²) in [7, 11) is 0. The third kappa shape index (κ3) is 3.99. The molecule has 0 bridgehead atoms. The first-order valence-electron chi connectivity index (χ1n) is 7.46. The molecule has 118 valence electrons. The number of benzene rings is 1. The first-order valence-corrected chi connectivity index (χ1v) is 7.46. The van der Waals surface area contributed by atoms with Gasteiger partial charge in [0.1, 0.15) is 11.6 Å².